The number of hydrogen-bond acceptors (Lipinski definition) is 4. The van der Waals surface area contributed by atoms with Crippen molar-refractivity contribution in [2.45, 2.75) is 44.1 Å². The summed E-state index contributed by atoms with van der Waals surface area (Å²) in [5, 5.41) is 12.0. The summed E-state index contributed by atoms with van der Waals surface area (Å²) in [6.45, 7) is 6.69. The predicted molar refractivity (Wildman–Crippen MR) is 78.9 cm³/mol. The molecular formula is C13H23N3O3S. The zero-order chi connectivity index (χ0) is 14.7. The molecule has 0 aromatic heterocycles. The van der Waals surface area contributed by atoms with Crippen LogP contribution in [0.2, 0.25) is 0 Å². The van der Waals surface area contributed by atoms with Crippen LogP contribution in [0.3, 0.4) is 0 Å². The van der Waals surface area contributed by atoms with Gasteiger partial charge in [-0.3, -0.25) is 9.80 Å². The van der Waals surface area contributed by atoms with Crippen molar-refractivity contribution in [1.82, 2.24) is 15.1 Å². The van der Waals surface area contributed by atoms with Gasteiger partial charge in [0.15, 0.2) is 0 Å². The average Bonchev–Trinajstić information content (AvgIpc) is 3.01. The Hall–Kier alpha value is -0.950. The van der Waals surface area contributed by atoms with Gasteiger partial charge in [-0.15, -0.1) is 11.8 Å². The molecule has 0 saturated carbocycles. The molecule has 2 heterocycles. The van der Waals surface area contributed by atoms with Crippen molar-refractivity contribution >= 4 is 23.8 Å². The fourth-order valence-corrected chi connectivity index (χ4v) is 4.15. The quantitative estimate of drug-likeness (QED) is 0.811. The first-order chi connectivity index (χ1) is 9.54. The van der Waals surface area contributed by atoms with E-state index >= 15 is 0 Å². The maximum Gasteiger partial charge on any atom is 0.327 e. The highest BCUT2D eigenvalue weighted by molar-refractivity contribution is 8.00. The van der Waals surface area contributed by atoms with Crippen LogP contribution in [0.5, 0.6) is 0 Å². The first-order valence-electron chi connectivity index (χ1n) is 7.19. The second-order valence-corrected chi connectivity index (χ2v) is 6.65. The van der Waals surface area contributed by atoms with E-state index in [2.05, 4.69) is 17.1 Å². The summed E-state index contributed by atoms with van der Waals surface area (Å²) in [6, 6.07) is -0.573. The molecule has 2 aliphatic rings. The first kappa shape index (κ1) is 15.4. The van der Waals surface area contributed by atoms with Gasteiger partial charge in [-0.25, -0.2) is 9.59 Å². The Morgan fingerprint density at radius 3 is 2.85 bits per heavy atom. The van der Waals surface area contributed by atoms with E-state index in [1.165, 1.54) is 23.1 Å². The van der Waals surface area contributed by atoms with Gasteiger partial charge in [0.25, 0.3) is 0 Å². The Morgan fingerprint density at radius 1 is 1.45 bits per heavy atom. The van der Waals surface area contributed by atoms with Crippen LogP contribution in [0.4, 0.5) is 4.79 Å². The van der Waals surface area contributed by atoms with Crippen molar-refractivity contribution in [2.24, 2.45) is 0 Å². The van der Waals surface area contributed by atoms with Crippen LogP contribution in [-0.4, -0.2) is 69.8 Å². The highest BCUT2D eigenvalue weighted by atomic mass is 32.2. The zero-order valence-electron chi connectivity index (χ0n) is 12.0. The van der Waals surface area contributed by atoms with Gasteiger partial charge in [0.2, 0.25) is 0 Å². The number of carboxylic acids is 1. The third-order valence-corrected chi connectivity index (χ3v) is 5.35. The number of carbonyl (C=O) groups is 2. The Morgan fingerprint density at radius 2 is 2.20 bits per heavy atom. The molecule has 3 unspecified atom stereocenters. The van der Waals surface area contributed by atoms with Gasteiger partial charge < -0.3 is 10.4 Å². The van der Waals surface area contributed by atoms with Crippen molar-refractivity contribution in [3.63, 3.8) is 0 Å². The number of aliphatic carboxylic acids is 1. The molecule has 2 aliphatic heterocycles. The molecule has 7 heteroatoms. The van der Waals surface area contributed by atoms with Gasteiger partial charge >= 0.3 is 12.0 Å². The largest absolute Gasteiger partial charge is 0.480 e. The van der Waals surface area contributed by atoms with E-state index in [1.807, 2.05) is 6.92 Å². The van der Waals surface area contributed by atoms with Crippen LogP contribution in [0.1, 0.15) is 26.7 Å². The number of urea groups is 1. The molecule has 0 aromatic carbocycles. The first-order valence-corrected chi connectivity index (χ1v) is 8.24. The molecule has 2 rings (SSSR count). The van der Waals surface area contributed by atoms with E-state index in [-0.39, 0.29) is 11.4 Å². The lowest BCUT2D eigenvalue weighted by Crippen LogP contribution is -2.51. The maximum atomic E-state index is 12.2. The Bertz CT molecular complexity index is 380. The third-order valence-electron chi connectivity index (χ3n) is 4.14. The summed E-state index contributed by atoms with van der Waals surface area (Å²) in [7, 11) is 0. The van der Waals surface area contributed by atoms with E-state index in [1.54, 1.807) is 0 Å². The molecule has 0 aliphatic carbocycles. The number of nitrogens with one attached hydrogen (secondary N) is 1. The number of amides is 2. The SMILES string of the molecule is CCN1CCCC1CNC(=O)N1C(C)SCC1C(=O)O. The van der Waals surface area contributed by atoms with Crippen molar-refractivity contribution in [3.05, 3.63) is 0 Å². The second-order valence-electron chi connectivity index (χ2n) is 5.30. The second kappa shape index (κ2) is 6.67. The molecule has 0 radical (unpaired) electrons. The number of carbonyl (C=O) groups excluding carboxylic acids is 1. The highest BCUT2D eigenvalue weighted by Gasteiger charge is 2.39. The number of carboxylic acid groups (broad SMARTS) is 1. The molecular weight excluding hydrogens is 278 g/mol. The summed E-state index contributed by atoms with van der Waals surface area (Å²) in [4.78, 5) is 27.2. The Balaban J connectivity index is 1.89. The lowest BCUT2D eigenvalue weighted by atomic mass is 10.2. The number of rotatable bonds is 4. The van der Waals surface area contributed by atoms with Crippen molar-refractivity contribution in [2.75, 3.05) is 25.4 Å². The molecule has 0 bridgehead atoms. The normalized spacial score (nSPS) is 30.7. The Kier molecular flexibility index (Phi) is 5.15. The predicted octanol–water partition coefficient (Wildman–Crippen LogP) is 1.03. The summed E-state index contributed by atoms with van der Waals surface area (Å²) in [5.41, 5.74) is 0. The smallest absolute Gasteiger partial charge is 0.327 e. The van der Waals surface area contributed by atoms with Crippen molar-refractivity contribution in [3.8, 4) is 0 Å². The minimum Gasteiger partial charge on any atom is -0.480 e. The van der Waals surface area contributed by atoms with Crippen molar-refractivity contribution in [1.29, 1.82) is 0 Å². The van der Waals surface area contributed by atoms with Gasteiger partial charge in [0.1, 0.15) is 6.04 Å². The van der Waals surface area contributed by atoms with E-state index < -0.39 is 12.0 Å². The van der Waals surface area contributed by atoms with Crippen LogP contribution in [0.25, 0.3) is 0 Å². The topological polar surface area (TPSA) is 72.9 Å². The Labute approximate surface area is 123 Å². The molecule has 0 spiro atoms. The lowest BCUT2D eigenvalue weighted by Gasteiger charge is -2.28. The number of likely N-dealkylation sites (tertiary alicyclic amines) is 1. The van der Waals surface area contributed by atoms with E-state index in [4.69, 9.17) is 5.11 Å². The van der Waals surface area contributed by atoms with Gasteiger partial charge in [-0.05, 0) is 32.9 Å². The van der Waals surface area contributed by atoms with Crippen LogP contribution < -0.4 is 5.32 Å². The summed E-state index contributed by atoms with van der Waals surface area (Å²) < 4.78 is 0. The number of hydrogen-bond donors (Lipinski definition) is 2. The van der Waals surface area contributed by atoms with Gasteiger partial charge in [0.05, 0.1) is 5.37 Å². The highest BCUT2D eigenvalue weighted by Crippen LogP contribution is 2.28. The molecule has 2 N–H and O–H groups in total. The molecule has 3 atom stereocenters. The summed E-state index contributed by atoms with van der Waals surface area (Å²) >= 11 is 1.51. The van der Waals surface area contributed by atoms with Gasteiger partial charge in [-0.1, -0.05) is 6.92 Å². The fourth-order valence-electron chi connectivity index (χ4n) is 2.98. The van der Waals surface area contributed by atoms with E-state index in [0.29, 0.717) is 18.3 Å². The molecule has 2 amide bonds. The number of likely N-dealkylation sites (N-methyl/N-ethyl adjacent to an activating group) is 1. The lowest BCUT2D eigenvalue weighted by molar-refractivity contribution is -0.141. The molecule has 2 saturated heterocycles. The van der Waals surface area contributed by atoms with Crippen molar-refractivity contribution < 1.29 is 14.7 Å². The fraction of sp³-hybridized carbons (Fsp3) is 0.846. The van der Waals surface area contributed by atoms with E-state index in [0.717, 1.165) is 19.5 Å². The summed E-state index contributed by atoms with van der Waals surface area (Å²) in [6.07, 6.45) is 2.27. The van der Waals surface area contributed by atoms with Crippen LogP contribution in [-0.2, 0) is 4.79 Å². The molecule has 2 fully saturated rings. The molecule has 6 nitrogen and oxygen atoms in total. The number of thioether (sulfide) groups is 1. The molecule has 0 aromatic rings. The van der Waals surface area contributed by atoms with Gasteiger partial charge in [0, 0.05) is 18.3 Å². The monoisotopic (exact) mass is 301 g/mol. The van der Waals surface area contributed by atoms with E-state index in [9.17, 15) is 9.59 Å². The van der Waals surface area contributed by atoms with Crippen LogP contribution >= 0.6 is 11.8 Å². The molecule has 114 valence electrons. The molecule has 20 heavy (non-hydrogen) atoms. The summed E-state index contributed by atoms with van der Waals surface area (Å²) in [5.74, 6) is -0.456. The minimum absolute atomic E-state index is 0.0815. The van der Waals surface area contributed by atoms with Crippen LogP contribution in [0, 0.1) is 0 Å². The standard InChI is InChI=1S/C13H23N3O3S/c1-3-15-6-4-5-10(15)7-14-13(19)16-9(2)20-8-11(16)12(17)18/h9-11H,3-8H2,1-2H3,(H,14,19)(H,17,18). The zero-order valence-corrected chi connectivity index (χ0v) is 12.9. The van der Waals surface area contributed by atoms with Gasteiger partial charge in [-0.2, -0.15) is 0 Å². The van der Waals surface area contributed by atoms with Crippen LogP contribution in [0.15, 0.2) is 0 Å². The third kappa shape index (κ3) is 3.20. The average molecular weight is 301 g/mol. The minimum atomic E-state index is -0.923. The number of nitrogens with zero attached hydrogens (tertiary/aromatic N) is 2. The maximum absolute atomic E-state index is 12.2.